The molecule has 1 aliphatic heterocycles. The van der Waals surface area contributed by atoms with E-state index in [1.807, 2.05) is 12.2 Å². The maximum atomic E-state index is 13.5. The monoisotopic (exact) mass is 1130 g/mol. The smallest absolute Gasteiger partial charge is 0.306 e. The number of unbranched alkanes of at least 4 members (excludes halogenated alkanes) is 32. The van der Waals surface area contributed by atoms with E-state index < -0.39 is 67.4 Å². The first-order chi connectivity index (χ1) is 39.2. The molecule has 1 aliphatic rings. The summed E-state index contributed by atoms with van der Waals surface area (Å²) >= 11 is 0. The molecule has 1 saturated heterocycles. The predicted octanol–water partition coefficient (Wildman–Crippen LogP) is 16.3. The average Bonchev–Trinajstić information content (AvgIpc) is 3.45. The maximum Gasteiger partial charge on any atom is 0.306 e. The van der Waals surface area contributed by atoms with Crippen molar-refractivity contribution in [2.24, 2.45) is 0 Å². The number of hydrogen-bond donors (Lipinski definition) is 6. The van der Waals surface area contributed by atoms with Crippen LogP contribution in [0.25, 0.3) is 0 Å². The van der Waals surface area contributed by atoms with Crippen LogP contribution in [0, 0.1) is 0 Å². The fourth-order valence-electron chi connectivity index (χ4n) is 10.1. The molecule has 0 saturated carbocycles. The van der Waals surface area contributed by atoms with Gasteiger partial charge in [-0.05, 0) is 89.9 Å². The number of aliphatic hydroxyl groups is 5. The molecule has 6 N–H and O–H groups in total. The van der Waals surface area contributed by atoms with Gasteiger partial charge in [-0.3, -0.25) is 9.59 Å². The van der Waals surface area contributed by atoms with Gasteiger partial charge < -0.3 is 45.1 Å². The Morgan fingerprint density at radius 1 is 0.487 bits per heavy atom. The molecule has 8 atom stereocenters. The Morgan fingerprint density at radius 2 is 0.863 bits per heavy atom. The van der Waals surface area contributed by atoms with Crippen molar-refractivity contribution in [2.45, 2.75) is 339 Å². The van der Waals surface area contributed by atoms with Gasteiger partial charge in [-0.1, -0.05) is 267 Å². The zero-order valence-corrected chi connectivity index (χ0v) is 51.4. The molecule has 8 unspecified atom stereocenters. The Kier molecular flexibility index (Phi) is 53.1. The quantitative estimate of drug-likeness (QED) is 0.0195. The van der Waals surface area contributed by atoms with Gasteiger partial charge in [-0.2, -0.15) is 0 Å². The van der Waals surface area contributed by atoms with Gasteiger partial charge in [0.2, 0.25) is 5.91 Å². The summed E-state index contributed by atoms with van der Waals surface area (Å²) in [5, 5.41) is 57.1. The number of allylic oxidation sites excluding steroid dienone is 11. The van der Waals surface area contributed by atoms with Crippen LogP contribution in [0.5, 0.6) is 0 Å². The highest BCUT2D eigenvalue weighted by molar-refractivity contribution is 5.80. The third-order valence-corrected chi connectivity index (χ3v) is 15.3. The van der Waals surface area contributed by atoms with Gasteiger partial charge in [0.1, 0.15) is 24.4 Å². The first kappa shape index (κ1) is 75.1. The van der Waals surface area contributed by atoms with Crippen molar-refractivity contribution in [1.82, 2.24) is 5.32 Å². The van der Waals surface area contributed by atoms with Crippen LogP contribution in [0.1, 0.15) is 290 Å². The summed E-state index contributed by atoms with van der Waals surface area (Å²) in [4.78, 5) is 26.6. The number of ether oxygens (including phenoxy) is 3. The number of carbonyl (C=O) groups is 2. The van der Waals surface area contributed by atoms with E-state index in [0.29, 0.717) is 19.3 Å². The molecule has 0 aromatic carbocycles. The van der Waals surface area contributed by atoms with E-state index in [0.717, 1.165) is 64.2 Å². The lowest BCUT2D eigenvalue weighted by Crippen LogP contribution is -2.61. The fourth-order valence-corrected chi connectivity index (χ4v) is 10.1. The van der Waals surface area contributed by atoms with Crippen molar-refractivity contribution in [3.8, 4) is 0 Å². The van der Waals surface area contributed by atoms with Crippen LogP contribution in [0.4, 0.5) is 0 Å². The van der Waals surface area contributed by atoms with Crippen LogP contribution in [0.2, 0.25) is 0 Å². The van der Waals surface area contributed by atoms with E-state index in [4.69, 9.17) is 14.2 Å². The van der Waals surface area contributed by atoms with Crippen LogP contribution < -0.4 is 5.32 Å². The molecule has 11 heteroatoms. The molecule has 1 fully saturated rings. The van der Waals surface area contributed by atoms with Gasteiger partial charge in [0.25, 0.3) is 0 Å². The average molecular weight is 1130 g/mol. The van der Waals surface area contributed by atoms with E-state index in [-0.39, 0.29) is 19.4 Å². The summed E-state index contributed by atoms with van der Waals surface area (Å²) in [6, 6.07) is -1.04. The van der Waals surface area contributed by atoms with Crippen molar-refractivity contribution in [3.63, 3.8) is 0 Å². The van der Waals surface area contributed by atoms with Gasteiger partial charge in [0.15, 0.2) is 12.4 Å². The topological polar surface area (TPSA) is 175 Å². The predicted molar refractivity (Wildman–Crippen MR) is 333 cm³/mol. The first-order valence-corrected chi connectivity index (χ1v) is 33.2. The highest BCUT2D eigenvalue weighted by Crippen LogP contribution is 2.26. The Hall–Kier alpha value is -2.90. The highest BCUT2D eigenvalue weighted by atomic mass is 16.7. The number of hydrogen-bond acceptors (Lipinski definition) is 10. The molecule has 1 heterocycles. The van der Waals surface area contributed by atoms with Gasteiger partial charge in [0.05, 0.1) is 25.4 Å². The summed E-state index contributed by atoms with van der Waals surface area (Å²) < 4.78 is 17.6. The molecule has 464 valence electrons. The minimum Gasteiger partial charge on any atom is -0.454 e. The summed E-state index contributed by atoms with van der Waals surface area (Å²) in [6.45, 7) is 5.74. The van der Waals surface area contributed by atoms with E-state index in [9.17, 15) is 35.1 Å². The molecule has 11 nitrogen and oxygen atoms in total. The molecule has 0 radical (unpaired) electrons. The normalized spacial score (nSPS) is 19.2. The lowest BCUT2D eigenvalue weighted by atomic mass is 9.99. The standard InChI is InChI=1S/C69H123NO10/c1-4-7-10-13-16-19-22-25-27-29-30-31-32-33-35-36-38-41-44-47-50-53-56-62(73)68(77)70-60(61(72)55-52-49-46-43-40-24-21-18-15-12-9-6-3)59-78-69-67(66(76)65(75)63(58-71)79-69)80-64(74)57-54-51-48-45-42-39-37-34-28-26-23-20-17-14-11-8-5-2/h17,20,25-28,37,39,45,48,52,55,60-63,65-67,69,71-73,75-76H,4-16,18-19,21-24,29-36,38,40-44,46-47,49-51,53-54,56-59H2,1-3H3,(H,70,77)/b20-17-,27-25+,28-26-,39-37-,48-45-,55-52+. The highest BCUT2D eigenvalue weighted by Gasteiger charge is 2.47. The van der Waals surface area contributed by atoms with E-state index >= 15 is 0 Å². The minimum atomic E-state index is -1.64. The zero-order valence-electron chi connectivity index (χ0n) is 51.4. The Balaban J connectivity index is 2.65. The molecule has 1 rings (SSSR count). The molecule has 0 bridgehead atoms. The van der Waals surface area contributed by atoms with Gasteiger partial charge in [-0.15, -0.1) is 0 Å². The molecular weight excluding hydrogens is 1000 g/mol. The number of aliphatic hydroxyl groups excluding tert-OH is 5. The largest absolute Gasteiger partial charge is 0.454 e. The van der Waals surface area contributed by atoms with Crippen molar-refractivity contribution in [1.29, 1.82) is 0 Å². The third-order valence-electron chi connectivity index (χ3n) is 15.3. The van der Waals surface area contributed by atoms with Crippen LogP contribution >= 0.6 is 0 Å². The van der Waals surface area contributed by atoms with Crippen molar-refractivity contribution >= 4 is 11.9 Å². The minimum absolute atomic E-state index is 0.0464. The Bertz CT molecular complexity index is 1580. The molecule has 0 aliphatic carbocycles. The second-order valence-electron chi connectivity index (χ2n) is 22.8. The van der Waals surface area contributed by atoms with E-state index in [2.05, 4.69) is 80.8 Å². The number of nitrogens with one attached hydrogen (secondary N) is 1. The maximum absolute atomic E-state index is 13.5. The number of carbonyl (C=O) groups excluding carboxylic acids is 2. The summed E-state index contributed by atoms with van der Waals surface area (Å²) in [6.07, 6.45) is 62.3. The summed E-state index contributed by atoms with van der Waals surface area (Å²) in [5.74, 6) is -1.25. The van der Waals surface area contributed by atoms with Gasteiger partial charge >= 0.3 is 5.97 Å². The van der Waals surface area contributed by atoms with Crippen LogP contribution in [-0.2, 0) is 23.8 Å². The SMILES string of the molecule is CCCCC/C=C\C/C=C\C/C=C\C/C=C\CCCC(=O)OC1C(OCC(NC(=O)C(O)CCCCCCCCCCCCCC/C=C/CCCCCCCC)C(O)/C=C/CCCCCCCCCCCC)OC(CO)C(O)C1O. The number of amides is 1. The second-order valence-corrected chi connectivity index (χ2v) is 22.8. The number of esters is 1. The van der Waals surface area contributed by atoms with Crippen LogP contribution in [0.3, 0.4) is 0 Å². The van der Waals surface area contributed by atoms with Gasteiger partial charge in [0, 0.05) is 6.42 Å². The molecule has 0 spiro atoms. The van der Waals surface area contributed by atoms with Crippen molar-refractivity contribution in [2.75, 3.05) is 13.2 Å². The first-order valence-electron chi connectivity index (χ1n) is 33.2. The Labute approximate surface area is 490 Å². The molecule has 0 aromatic heterocycles. The second kappa shape index (κ2) is 56.6. The van der Waals surface area contributed by atoms with Crippen LogP contribution in [-0.4, -0.2) is 99.6 Å². The summed E-state index contributed by atoms with van der Waals surface area (Å²) in [5.41, 5.74) is 0. The van der Waals surface area contributed by atoms with E-state index in [1.54, 1.807) is 6.08 Å². The molecular formula is C69H123NO10. The molecule has 0 aromatic rings. The van der Waals surface area contributed by atoms with Crippen LogP contribution in [0.15, 0.2) is 72.9 Å². The molecule has 1 amide bonds. The lowest BCUT2D eigenvalue weighted by Gasteiger charge is -2.41. The van der Waals surface area contributed by atoms with E-state index in [1.165, 1.54) is 173 Å². The Morgan fingerprint density at radius 3 is 1.32 bits per heavy atom. The number of rotatable bonds is 56. The lowest BCUT2D eigenvalue weighted by molar-refractivity contribution is -0.305. The molecule has 80 heavy (non-hydrogen) atoms. The van der Waals surface area contributed by atoms with Crippen molar-refractivity contribution in [3.05, 3.63) is 72.9 Å². The van der Waals surface area contributed by atoms with Gasteiger partial charge in [-0.25, -0.2) is 0 Å². The third kappa shape index (κ3) is 43.7. The zero-order chi connectivity index (χ0) is 58.2. The fraction of sp³-hybridized carbons (Fsp3) is 0.797. The van der Waals surface area contributed by atoms with Crippen molar-refractivity contribution < 1.29 is 49.3 Å². The summed E-state index contributed by atoms with van der Waals surface area (Å²) in [7, 11) is 0.